The minimum atomic E-state index is -4.78. The van der Waals surface area contributed by atoms with E-state index in [2.05, 4.69) is 18.9 Å². The van der Waals surface area contributed by atoms with Crippen molar-refractivity contribution >= 4 is 29.8 Å². The molecule has 0 saturated heterocycles. The van der Waals surface area contributed by atoms with Gasteiger partial charge in [0.1, 0.15) is 12.4 Å². The molecule has 0 spiro atoms. The summed E-state index contributed by atoms with van der Waals surface area (Å²) in [5, 5.41) is 0. The van der Waals surface area contributed by atoms with Gasteiger partial charge in [-0.05, 0) is 49.2 Å². The van der Waals surface area contributed by atoms with E-state index in [0.717, 1.165) is 30.0 Å². The summed E-state index contributed by atoms with van der Waals surface area (Å²) in [5.74, 6) is -0.944. The van der Waals surface area contributed by atoms with Gasteiger partial charge in [-0.15, -0.1) is 24.0 Å². The first-order valence-electron chi connectivity index (χ1n) is 14.4. The molecule has 0 aliphatic rings. The summed E-state index contributed by atoms with van der Waals surface area (Å²) < 4.78 is 44.0. The van der Waals surface area contributed by atoms with Crippen molar-refractivity contribution in [2.45, 2.75) is 96.6 Å². The van der Waals surface area contributed by atoms with Crippen LogP contribution in [0.15, 0.2) is 48.5 Å². The molecule has 0 aromatic heterocycles. The topological polar surface area (TPSA) is 29.5 Å². The van der Waals surface area contributed by atoms with E-state index < -0.39 is 18.4 Å². The number of rotatable bonds is 20. The number of unbranched alkanes of at least 4 members (excludes halogenated alkanes) is 9. The third kappa shape index (κ3) is 15.7. The number of Topliss-reactive ketones (excluding diaryl/α,β-unsaturated/α-hetero) is 1. The summed E-state index contributed by atoms with van der Waals surface area (Å²) in [6, 6.07) is 15.4. The summed E-state index contributed by atoms with van der Waals surface area (Å²) in [6.45, 7) is 4.65. The van der Waals surface area contributed by atoms with Gasteiger partial charge >= 0.3 is 6.18 Å². The van der Waals surface area contributed by atoms with Crippen molar-refractivity contribution in [2.75, 3.05) is 26.7 Å². The summed E-state index contributed by atoms with van der Waals surface area (Å²) >= 11 is 0. The molecule has 220 valence electrons. The molecule has 0 heterocycles. The first-order chi connectivity index (χ1) is 18.3. The quantitative estimate of drug-likeness (QED) is 0.105. The average Bonchev–Trinajstić information content (AvgIpc) is 2.89. The Balaban J connectivity index is 0.00000760. The van der Waals surface area contributed by atoms with Crippen LogP contribution in [0.3, 0.4) is 0 Å². The number of halogens is 4. The molecule has 0 fully saturated rings. The number of alkyl halides is 3. The number of benzene rings is 2. The minimum Gasteiger partial charge on any atom is -0.492 e. The molecular weight excluding hydrogens is 614 g/mol. The number of aryl methyl sites for hydroxylation is 1. The molecule has 0 unspecified atom stereocenters. The Morgan fingerprint density at radius 2 is 1.44 bits per heavy atom. The van der Waals surface area contributed by atoms with Gasteiger partial charge in [-0.2, -0.15) is 13.2 Å². The van der Waals surface area contributed by atoms with Crippen LogP contribution in [0.5, 0.6) is 5.75 Å². The molecule has 2 aromatic rings. The lowest BCUT2D eigenvalue weighted by Gasteiger charge is -2.18. The standard InChI is InChI=1S/C32H46F3NO2.HI/c1-3-4-5-6-7-8-9-10-11-15-22-36(2)23-24-38-30-20-18-28(19-21-31(37)32(33,34)35)26-29(30)25-27-16-13-12-14-17-27;/h12-14,16-18,20,26H,3-11,15,19,21-25H2,1-2H3;1H. The van der Waals surface area contributed by atoms with Crippen molar-refractivity contribution in [1.82, 2.24) is 4.90 Å². The maximum absolute atomic E-state index is 12.6. The van der Waals surface area contributed by atoms with E-state index in [-0.39, 0.29) is 30.4 Å². The largest absolute Gasteiger partial charge is 0.492 e. The van der Waals surface area contributed by atoms with Crippen LogP contribution in [0, 0.1) is 0 Å². The van der Waals surface area contributed by atoms with Gasteiger partial charge in [0, 0.05) is 19.4 Å². The average molecular weight is 662 g/mol. The molecule has 39 heavy (non-hydrogen) atoms. The zero-order valence-electron chi connectivity index (χ0n) is 23.7. The fraction of sp³-hybridized carbons (Fsp3) is 0.594. The van der Waals surface area contributed by atoms with Crippen molar-refractivity contribution in [3.8, 4) is 5.75 Å². The second-order valence-electron chi connectivity index (χ2n) is 10.4. The van der Waals surface area contributed by atoms with E-state index in [0.29, 0.717) is 18.6 Å². The third-order valence-corrected chi connectivity index (χ3v) is 6.94. The first kappa shape index (κ1) is 35.4. The Hall–Kier alpha value is -1.61. The van der Waals surface area contributed by atoms with Crippen LogP contribution in [-0.2, 0) is 17.6 Å². The Kier molecular flexibility index (Phi) is 18.4. The molecule has 2 aromatic carbocycles. The zero-order valence-corrected chi connectivity index (χ0v) is 26.1. The van der Waals surface area contributed by atoms with Gasteiger partial charge in [-0.3, -0.25) is 4.79 Å². The van der Waals surface area contributed by atoms with Gasteiger partial charge in [0.2, 0.25) is 5.78 Å². The van der Waals surface area contributed by atoms with E-state index in [1.54, 1.807) is 6.07 Å². The molecule has 0 aliphatic heterocycles. The predicted octanol–water partition coefficient (Wildman–Crippen LogP) is 9.19. The molecule has 0 saturated carbocycles. The van der Waals surface area contributed by atoms with Crippen molar-refractivity contribution in [3.63, 3.8) is 0 Å². The van der Waals surface area contributed by atoms with Gasteiger partial charge in [0.15, 0.2) is 0 Å². The summed E-state index contributed by atoms with van der Waals surface area (Å²) in [5.41, 5.74) is 2.73. The number of likely N-dealkylation sites (N-methyl/N-ethyl adjacent to an activating group) is 1. The molecule has 3 nitrogen and oxygen atoms in total. The number of ether oxygens (including phenoxy) is 1. The maximum atomic E-state index is 12.6. The maximum Gasteiger partial charge on any atom is 0.449 e. The molecule has 7 heteroatoms. The molecule has 0 N–H and O–H groups in total. The molecule has 0 radical (unpaired) electrons. The summed E-state index contributed by atoms with van der Waals surface area (Å²) in [7, 11) is 2.11. The lowest BCUT2D eigenvalue weighted by molar-refractivity contribution is -0.171. The van der Waals surface area contributed by atoms with Crippen LogP contribution in [0.4, 0.5) is 13.2 Å². The second kappa shape index (κ2) is 20.3. The minimum absolute atomic E-state index is 0. The van der Waals surface area contributed by atoms with Gasteiger partial charge in [-0.1, -0.05) is 107 Å². The van der Waals surface area contributed by atoms with Crippen molar-refractivity contribution < 1.29 is 22.7 Å². The fourth-order valence-corrected chi connectivity index (χ4v) is 4.58. The highest BCUT2D eigenvalue weighted by Gasteiger charge is 2.37. The normalized spacial score (nSPS) is 11.4. The van der Waals surface area contributed by atoms with Crippen LogP contribution >= 0.6 is 24.0 Å². The zero-order chi connectivity index (χ0) is 27.6. The Bertz CT molecular complexity index is 921. The molecular formula is C32H47F3INO2. The smallest absolute Gasteiger partial charge is 0.449 e. The molecule has 0 bridgehead atoms. The van der Waals surface area contributed by atoms with Gasteiger partial charge in [-0.25, -0.2) is 0 Å². The molecule has 0 amide bonds. The summed E-state index contributed by atoms with van der Waals surface area (Å²) in [6.07, 6.45) is 8.60. The van der Waals surface area contributed by atoms with Crippen molar-refractivity contribution in [2.24, 2.45) is 0 Å². The van der Waals surface area contributed by atoms with E-state index in [1.165, 1.54) is 64.2 Å². The fourth-order valence-electron chi connectivity index (χ4n) is 4.58. The Morgan fingerprint density at radius 3 is 2.05 bits per heavy atom. The van der Waals surface area contributed by atoms with E-state index in [1.807, 2.05) is 42.5 Å². The lowest BCUT2D eigenvalue weighted by Crippen LogP contribution is -2.25. The highest BCUT2D eigenvalue weighted by Crippen LogP contribution is 2.25. The highest BCUT2D eigenvalue weighted by atomic mass is 127. The SMILES string of the molecule is CCCCCCCCCCCCN(C)CCOc1ccc(CCC(=O)C(F)(F)F)cc1Cc1ccccc1.I. The van der Waals surface area contributed by atoms with Crippen molar-refractivity contribution in [3.05, 3.63) is 65.2 Å². The van der Waals surface area contributed by atoms with E-state index >= 15 is 0 Å². The lowest BCUT2D eigenvalue weighted by atomic mass is 9.99. The number of carbonyl (C=O) groups is 1. The van der Waals surface area contributed by atoms with E-state index in [9.17, 15) is 18.0 Å². The van der Waals surface area contributed by atoms with Crippen molar-refractivity contribution in [1.29, 1.82) is 0 Å². The number of carbonyl (C=O) groups excluding carboxylic acids is 1. The predicted molar refractivity (Wildman–Crippen MR) is 165 cm³/mol. The highest BCUT2D eigenvalue weighted by molar-refractivity contribution is 14.0. The van der Waals surface area contributed by atoms with Gasteiger partial charge in [0.25, 0.3) is 0 Å². The third-order valence-electron chi connectivity index (χ3n) is 6.94. The van der Waals surface area contributed by atoms with Gasteiger partial charge < -0.3 is 9.64 Å². The van der Waals surface area contributed by atoms with Gasteiger partial charge in [0.05, 0.1) is 0 Å². The van der Waals surface area contributed by atoms with Crippen LogP contribution in [0.1, 0.15) is 94.2 Å². The van der Waals surface area contributed by atoms with Crippen LogP contribution in [0.2, 0.25) is 0 Å². The Labute approximate surface area is 250 Å². The molecule has 0 aliphatic carbocycles. The number of hydrogen-bond acceptors (Lipinski definition) is 3. The van der Waals surface area contributed by atoms with E-state index in [4.69, 9.17) is 4.74 Å². The first-order valence-corrected chi connectivity index (χ1v) is 14.4. The monoisotopic (exact) mass is 661 g/mol. The van der Waals surface area contributed by atoms with Crippen LogP contribution in [-0.4, -0.2) is 43.6 Å². The Morgan fingerprint density at radius 1 is 0.821 bits per heavy atom. The molecule has 0 atom stereocenters. The molecule has 2 rings (SSSR count). The number of nitrogens with zero attached hydrogens (tertiary/aromatic N) is 1. The van der Waals surface area contributed by atoms with Crippen LogP contribution in [0.25, 0.3) is 0 Å². The number of hydrogen-bond donors (Lipinski definition) is 0. The summed E-state index contributed by atoms with van der Waals surface area (Å²) in [4.78, 5) is 13.6. The van der Waals surface area contributed by atoms with Crippen LogP contribution < -0.4 is 4.74 Å². The number of ketones is 1. The second-order valence-corrected chi connectivity index (χ2v) is 10.4.